The van der Waals surface area contributed by atoms with Crippen molar-refractivity contribution in [3.8, 4) is 0 Å². The fourth-order valence-electron chi connectivity index (χ4n) is 3.63. The molecular weight excluding hydrogens is 352 g/mol. The van der Waals surface area contributed by atoms with Crippen molar-refractivity contribution in [3.05, 3.63) is 53.9 Å². The summed E-state index contributed by atoms with van der Waals surface area (Å²) in [5.74, 6) is 0.619. The zero-order valence-corrected chi connectivity index (χ0v) is 16.9. The lowest BCUT2D eigenvalue weighted by molar-refractivity contribution is -0.122. The predicted molar refractivity (Wildman–Crippen MR) is 110 cm³/mol. The van der Waals surface area contributed by atoms with Crippen LogP contribution in [0.5, 0.6) is 0 Å². The molecule has 2 N–H and O–H groups in total. The molecule has 1 saturated heterocycles. The third kappa shape index (κ3) is 6.02. The summed E-state index contributed by atoms with van der Waals surface area (Å²) >= 11 is 0. The molecule has 2 aromatic rings. The summed E-state index contributed by atoms with van der Waals surface area (Å²) in [6.45, 7) is 5.67. The highest BCUT2D eigenvalue weighted by Gasteiger charge is 2.31. The van der Waals surface area contributed by atoms with Crippen molar-refractivity contribution in [1.82, 2.24) is 15.3 Å². The minimum Gasteiger partial charge on any atom is -0.370 e. The number of anilines is 1. The van der Waals surface area contributed by atoms with Gasteiger partial charge in [0.1, 0.15) is 0 Å². The molecular formula is C22H30N4O2. The Labute approximate surface area is 167 Å². The number of ether oxygens (including phenoxy) is 1. The Kier molecular flexibility index (Phi) is 6.98. The molecule has 1 aliphatic heterocycles. The summed E-state index contributed by atoms with van der Waals surface area (Å²) in [5.41, 5.74) is 2.26. The summed E-state index contributed by atoms with van der Waals surface area (Å²) in [6, 6.07) is 10.8. The van der Waals surface area contributed by atoms with Crippen LogP contribution in [-0.4, -0.2) is 34.1 Å². The van der Waals surface area contributed by atoms with E-state index < -0.39 is 0 Å². The van der Waals surface area contributed by atoms with Gasteiger partial charge in [-0.15, -0.1) is 0 Å². The summed E-state index contributed by atoms with van der Waals surface area (Å²) in [5, 5.41) is 6.27. The number of hydrogen-bond acceptors (Lipinski definition) is 5. The van der Waals surface area contributed by atoms with E-state index in [2.05, 4.69) is 58.7 Å². The Bertz CT molecular complexity index is 749. The van der Waals surface area contributed by atoms with Gasteiger partial charge in [0.05, 0.1) is 12.2 Å². The molecule has 3 rings (SSSR count). The van der Waals surface area contributed by atoms with E-state index in [0.29, 0.717) is 5.95 Å². The van der Waals surface area contributed by atoms with Crippen molar-refractivity contribution in [2.75, 3.05) is 5.32 Å². The molecule has 3 atom stereocenters. The standard InChI is InChI=1S/C22H30N4O2/c1-15(2)25-22-23-13-18(14-24-22)21-12-19(26-16(3)27)11-20(28-21)10-9-17-7-5-4-6-8-17/h4-8,13-15,19-21H,9-12H2,1-3H3,(H,26,27)(H,23,24,25)/t19-,20+,21+/m0/s1. The molecule has 2 heterocycles. The normalized spacial score (nSPS) is 22.1. The number of carbonyl (C=O) groups is 1. The predicted octanol–water partition coefficient (Wildman–Crippen LogP) is 3.65. The number of nitrogens with one attached hydrogen (secondary N) is 2. The smallest absolute Gasteiger partial charge is 0.222 e. The highest BCUT2D eigenvalue weighted by atomic mass is 16.5. The van der Waals surface area contributed by atoms with E-state index in [1.165, 1.54) is 5.56 Å². The van der Waals surface area contributed by atoms with Gasteiger partial charge in [-0.05, 0) is 45.1 Å². The first-order valence-electron chi connectivity index (χ1n) is 10.0. The molecule has 0 radical (unpaired) electrons. The molecule has 150 valence electrons. The second-order valence-electron chi connectivity index (χ2n) is 7.78. The van der Waals surface area contributed by atoms with Crippen LogP contribution in [0.1, 0.15) is 57.3 Å². The highest BCUT2D eigenvalue weighted by Crippen LogP contribution is 2.33. The largest absolute Gasteiger partial charge is 0.370 e. The number of carbonyl (C=O) groups excluding carboxylic acids is 1. The minimum absolute atomic E-state index is 0.000177. The monoisotopic (exact) mass is 382 g/mol. The van der Waals surface area contributed by atoms with E-state index in [9.17, 15) is 4.79 Å². The molecule has 1 amide bonds. The van der Waals surface area contributed by atoms with Gasteiger partial charge in [0, 0.05) is 37.0 Å². The number of amides is 1. The van der Waals surface area contributed by atoms with Gasteiger partial charge >= 0.3 is 0 Å². The Balaban J connectivity index is 1.67. The van der Waals surface area contributed by atoms with Crippen LogP contribution in [0.2, 0.25) is 0 Å². The molecule has 6 nitrogen and oxygen atoms in total. The van der Waals surface area contributed by atoms with E-state index in [-0.39, 0.29) is 30.2 Å². The fourth-order valence-corrected chi connectivity index (χ4v) is 3.63. The molecule has 28 heavy (non-hydrogen) atoms. The molecule has 1 aromatic heterocycles. The average Bonchev–Trinajstić information content (AvgIpc) is 2.67. The maximum absolute atomic E-state index is 11.6. The molecule has 1 aliphatic rings. The van der Waals surface area contributed by atoms with Gasteiger partial charge in [-0.1, -0.05) is 30.3 Å². The van der Waals surface area contributed by atoms with E-state index in [4.69, 9.17) is 4.74 Å². The van der Waals surface area contributed by atoms with Crippen molar-refractivity contribution >= 4 is 11.9 Å². The summed E-state index contributed by atoms with van der Waals surface area (Å²) in [4.78, 5) is 20.4. The Morgan fingerprint density at radius 1 is 1.18 bits per heavy atom. The van der Waals surface area contributed by atoms with E-state index in [1.54, 1.807) is 6.92 Å². The summed E-state index contributed by atoms with van der Waals surface area (Å²) in [6.07, 6.45) is 7.07. The van der Waals surface area contributed by atoms with Gasteiger partial charge < -0.3 is 15.4 Å². The first-order valence-corrected chi connectivity index (χ1v) is 10.0. The Hall–Kier alpha value is -2.47. The lowest BCUT2D eigenvalue weighted by atomic mass is 9.92. The van der Waals surface area contributed by atoms with Crippen molar-refractivity contribution < 1.29 is 9.53 Å². The molecule has 6 heteroatoms. The van der Waals surface area contributed by atoms with Crippen LogP contribution in [0.15, 0.2) is 42.7 Å². The van der Waals surface area contributed by atoms with E-state index in [0.717, 1.165) is 31.2 Å². The van der Waals surface area contributed by atoms with Crippen LogP contribution in [0.4, 0.5) is 5.95 Å². The maximum atomic E-state index is 11.6. The van der Waals surface area contributed by atoms with Crippen LogP contribution in [0, 0.1) is 0 Å². The first kappa shape index (κ1) is 20.3. The second kappa shape index (κ2) is 9.64. The SMILES string of the molecule is CC(=O)N[C@H]1C[C@@H](CCc2ccccc2)O[C@@H](c2cnc(NC(C)C)nc2)C1. The van der Waals surface area contributed by atoms with Crippen LogP contribution in [0.3, 0.4) is 0 Å². The van der Waals surface area contributed by atoms with Crippen molar-refractivity contribution in [3.63, 3.8) is 0 Å². The minimum atomic E-state index is -0.112. The van der Waals surface area contributed by atoms with E-state index >= 15 is 0 Å². The number of nitrogens with zero attached hydrogens (tertiary/aromatic N) is 2. The number of hydrogen-bond donors (Lipinski definition) is 2. The van der Waals surface area contributed by atoms with E-state index in [1.807, 2.05) is 18.5 Å². The Morgan fingerprint density at radius 3 is 2.54 bits per heavy atom. The van der Waals surface area contributed by atoms with Crippen molar-refractivity contribution in [2.24, 2.45) is 0 Å². The van der Waals surface area contributed by atoms with Crippen LogP contribution >= 0.6 is 0 Å². The van der Waals surface area contributed by atoms with Gasteiger partial charge in [-0.25, -0.2) is 9.97 Å². The van der Waals surface area contributed by atoms with Crippen LogP contribution < -0.4 is 10.6 Å². The van der Waals surface area contributed by atoms with Gasteiger partial charge in [-0.2, -0.15) is 0 Å². The molecule has 0 aliphatic carbocycles. The quantitative estimate of drug-likeness (QED) is 0.764. The third-order valence-corrected chi connectivity index (χ3v) is 4.87. The van der Waals surface area contributed by atoms with Crippen molar-refractivity contribution in [2.45, 2.75) is 70.7 Å². The number of aryl methyl sites for hydroxylation is 1. The number of aromatic nitrogens is 2. The van der Waals surface area contributed by atoms with Crippen molar-refractivity contribution in [1.29, 1.82) is 0 Å². The molecule has 1 aromatic carbocycles. The second-order valence-corrected chi connectivity index (χ2v) is 7.78. The molecule has 0 unspecified atom stereocenters. The molecule has 1 fully saturated rings. The molecule has 0 saturated carbocycles. The number of rotatable bonds is 7. The lowest BCUT2D eigenvalue weighted by Gasteiger charge is -2.36. The zero-order chi connectivity index (χ0) is 19.9. The zero-order valence-electron chi connectivity index (χ0n) is 16.9. The van der Waals surface area contributed by atoms with Gasteiger partial charge in [0.2, 0.25) is 11.9 Å². The van der Waals surface area contributed by atoms with Crippen LogP contribution in [0.25, 0.3) is 0 Å². The highest BCUT2D eigenvalue weighted by molar-refractivity contribution is 5.73. The summed E-state index contributed by atoms with van der Waals surface area (Å²) in [7, 11) is 0. The molecule has 0 bridgehead atoms. The fraction of sp³-hybridized carbons (Fsp3) is 0.500. The number of benzene rings is 1. The Morgan fingerprint density at radius 2 is 1.89 bits per heavy atom. The third-order valence-electron chi connectivity index (χ3n) is 4.87. The average molecular weight is 383 g/mol. The van der Waals surface area contributed by atoms with Gasteiger partial charge in [-0.3, -0.25) is 4.79 Å². The van der Waals surface area contributed by atoms with Gasteiger partial charge in [0.15, 0.2) is 0 Å². The van der Waals surface area contributed by atoms with Gasteiger partial charge in [0.25, 0.3) is 0 Å². The first-order chi connectivity index (χ1) is 13.5. The topological polar surface area (TPSA) is 76.1 Å². The maximum Gasteiger partial charge on any atom is 0.222 e. The summed E-state index contributed by atoms with van der Waals surface area (Å²) < 4.78 is 6.38. The van der Waals surface area contributed by atoms with Crippen LogP contribution in [-0.2, 0) is 16.0 Å². The molecule has 0 spiro atoms. The lowest BCUT2D eigenvalue weighted by Crippen LogP contribution is -2.42.